The number of pyridine rings is 2. The normalized spacial score (nSPS) is 11.5. The first-order chi connectivity index (χ1) is 13.7. The van der Waals surface area contributed by atoms with Gasteiger partial charge in [-0.25, -0.2) is 0 Å². The molecule has 5 aromatic rings. The summed E-state index contributed by atoms with van der Waals surface area (Å²) in [5.41, 5.74) is 2.20. The van der Waals surface area contributed by atoms with Crippen molar-refractivity contribution >= 4 is 38.3 Å². The van der Waals surface area contributed by atoms with Crippen molar-refractivity contribution in [3.05, 3.63) is 84.4 Å². The lowest BCUT2D eigenvalue weighted by atomic mass is 9.97. The first kappa shape index (κ1) is 16.6. The van der Waals surface area contributed by atoms with Crippen LogP contribution in [0.1, 0.15) is 18.1 Å². The van der Waals surface area contributed by atoms with Crippen LogP contribution >= 0.6 is 0 Å². The minimum atomic E-state index is -0.260. The third-order valence-electron chi connectivity index (χ3n) is 5.16. The fraction of sp³-hybridized carbons (Fsp3) is 0.125. The molecule has 0 bridgehead atoms. The first-order valence-electron chi connectivity index (χ1n) is 9.30. The largest absolute Gasteiger partial charge is 0.461 e. The highest BCUT2D eigenvalue weighted by molar-refractivity contribution is 6.21. The van der Waals surface area contributed by atoms with Gasteiger partial charge in [0.2, 0.25) is 0 Å². The van der Waals surface area contributed by atoms with E-state index in [4.69, 9.17) is 4.74 Å². The van der Waals surface area contributed by atoms with Gasteiger partial charge in [0.15, 0.2) is 18.9 Å². The van der Waals surface area contributed by atoms with Gasteiger partial charge in [0, 0.05) is 57.2 Å². The Morgan fingerprint density at radius 2 is 1.36 bits per heavy atom. The Kier molecular flexibility index (Phi) is 3.90. The topological polar surface area (TPSA) is 43.1 Å². The Hall–Kier alpha value is -3.53. The van der Waals surface area contributed by atoms with Gasteiger partial charge >= 0.3 is 5.97 Å². The fourth-order valence-corrected chi connectivity index (χ4v) is 3.85. The highest BCUT2D eigenvalue weighted by Crippen LogP contribution is 2.32. The molecule has 0 N–H and O–H groups in total. The Bertz CT molecular complexity index is 1250. The molecule has 0 saturated carbocycles. The Labute approximate surface area is 162 Å². The number of aromatic nitrogens is 2. The number of carbonyl (C=O) groups excluding carboxylic acids is 1. The second kappa shape index (κ2) is 6.57. The summed E-state index contributed by atoms with van der Waals surface area (Å²) in [5, 5.41) is 7.40. The van der Waals surface area contributed by atoms with Crippen LogP contribution in [-0.4, -0.2) is 11.0 Å². The van der Waals surface area contributed by atoms with Crippen molar-refractivity contribution in [2.24, 2.45) is 0 Å². The molecule has 0 atom stereocenters. The van der Waals surface area contributed by atoms with E-state index < -0.39 is 0 Å². The molecule has 0 aliphatic carbocycles. The Balaban J connectivity index is 1.50. The number of benzene rings is 3. The third kappa shape index (κ3) is 2.93. The smallest absolute Gasteiger partial charge is 0.302 e. The van der Waals surface area contributed by atoms with Crippen LogP contribution in [0.2, 0.25) is 0 Å². The van der Waals surface area contributed by atoms with Crippen LogP contribution in [0.4, 0.5) is 0 Å². The van der Waals surface area contributed by atoms with Crippen LogP contribution in [0, 0.1) is 0 Å². The zero-order valence-electron chi connectivity index (χ0n) is 15.6. The monoisotopic (exact) mass is 367 g/mol. The van der Waals surface area contributed by atoms with E-state index in [1.54, 1.807) is 0 Å². The highest BCUT2D eigenvalue weighted by atomic mass is 16.5. The van der Waals surface area contributed by atoms with Crippen molar-refractivity contribution < 1.29 is 14.1 Å². The van der Waals surface area contributed by atoms with Gasteiger partial charge in [0.05, 0.1) is 0 Å². The lowest BCUT2D eigenvalue weighted by Gasteiger charge is -2.09. The summed E-state index contributed by atoms with van der Waals surface area (Å²) in [6.07, 6.45) is 8.27. The van der Waals surface area contributed by atoms with Crippen LogP contribution in [0.25, 0.3) is 32.3 Å². The molecule has 0 amide bonds. The predicted octanol–water partition coefficient (Wildman–Crippen LogP) is 4.38. The molecular formula is C24H19N2O2+. The maximum absolute atomic E-state index is 10.9. The molecule has 28 heavy (non-hydrogen) atoms. The summed E-state index contributed by atoms with van der Waals surface area (Å²) in [7, 11) is 0. The number of esters is 1. The van der Waals surface area contributed by atoms with Crippen molar-refractivity contribution in [2.45, 2.75) is 20.1 Å². The standard InChI is InChI=1S/C24H19N2O2/c1-16(27)28-15-18-4-2-17(3-5-18)12-26-13-21-8-6-19-10-25-11-20-7-9-22(14-26)24(21)23(19)20/h2-11,13-14H,12,15H2,1H3/q+1. The summed E-state index contributed by atoms with van der Waals surface area (Å²) in [6, 6.07) is 16.8. The second-order valence-corrected chi connectivity index (χ2v) is 7.17. The summed E-state index contributed by atoms with van der Waals surface area (Å²) >= 11 is 0. The van der Waals surface area contributed by atoms with Crippen LogP contribution in [0.5, 0.6) is 0 Å². The minimum absolute atomic E-state index is 0.260. The molecule has 0 aliphatic rings. The summed E-state index contributed by atoms with van der Waals surface area (Å²) in [4.78, 5) is 15.3. The molecule has 0 fully saturated rings. The van der Waals surface area contributed by atoms with Crippen LogP contribution in [-0.2, 0) is 22.7 Å². The maximum Gasteiger partial charge on any atom is 0.302 e. The summed E-state index contributed by atoms with van der Waals surface area (Å²) in [5.74, 6) is -0.260. The fourth-order valence-electron chi connectivity index (χ4n) is 3.85. The molecule has 4 heteroatoms. The molecule has 0 spiro atoms. The summed E-state index contributed by atoms with van der Waals surface area (Å²) < 4.78 is 7.27. The van der Waals surface area contributed by atoms with E-state index in [1.807, 2.05) is 24.5 Å². The van der Waals surface area contributed by atoms with Crippen LogP contribution in [0.15, 0.2) is 73.3 Å². The molecule has 0 aliphatic heterocycles. The zero-order valence-corrected chi connectivity index (χ0v) is 15.6. The number of ether oxygens (including phenoxy) is 1. The number of hydrogen-bond acceptors (Lipinski definition) is 3. The average Bonchev–Trinajstić information content (AvgIpc) is 2.71. The number of carbonyl (C=O) groups is 1. The molecule has 0 saturated heterocycles. The van der Waals surface area contributed by atoms with Crippen molar-refractivity contribution in [2.75, 3.05) is 0 Å². The van der Waals surface area contributed by atoms with Gasteiger partial charge in [0.25, 0.3) is 0 Å². The quantitative estimate of drug-likeness (QED) is 0.269. The van der Waals surface area contributed by atoms with E-state index in [-0.39, 0.29) is 5.97 Å². The average molecular weight is 367 g/mol. The third-order valence-corrected chi connectivity index (χ3v) is 5.16. The zero-order chi connectivity index (χ0) is 19.1. The van der Waals surface area contributed by atoms with E-state index >= 15 is 0 Å². The van der Waals surface area contributed by atoms with E-state index in [9.17, 15) is 4.79 Å². The van der Waals surface area contributed by atoms with E-state index in [1.165, 1.54) is 44.8 Å². The van der Waals surface area contributed by atoms with Crippen LogP contribution in [0.3, 0.4) is 0 Å². The van der Waals surface area contributed by atoms with Crippen molar-refractivity contribution in [1.29, 1.82) is 0 Å². The maximum atomic E-state index is 10.9. The van der Waals surface area contributed by atoms with Crippen molar-refractivity contribution in [3.8, 4) is 0 Å². The van der Waals surface area contributed by atoms with Gasteiger partial charge in [-0.15, -0.1) is 0 Å². The van der Waals surface area contributed by atoms with Gasteiger partial charge < -0.3 is 4.74 Å². The molecule has 5 rings (SSSR count). The molecule has 0 radical (unpaired) electrons. The molecule has 2 aromatic heterocycles. The molecule has 0 unspecified atom stereocenters. The van der Waals surface area contributed by atoms with Crippen LogP contribution < -0.4 is 4.57 Å². The minimum Gasteiger partial charge on any atom is -0.461 e. The second-order valence-electron chi connectivity index (χ2n) is 7.17. The van der Waals surface area contributed by atoms with Crippen molar-refractivity contribution in [3.63, 3.8) is 0 Å². The number of rotatable bonds is 4. The van der Waals surface area contributed by atoms with E-state index in [0.717, 1.165) is 12.1 Å². The molecular weight excluding hydrogens is 348 g/mol. The van der Waals surface area contributed by atoms with Gasteiger partial charge in [0.1, 0.15) is 6.61 Å². The molecule has 3 aromatic carbocycles. The first-order valence-corrected chi connectivity index (χ1v) is 9.30. The van der Waals surface area contributed by atoms with E-state index in [0.29, 0.717) is 6.61 Å². The van der Waals surface area contributed by atoms with Gasteiger partial charge in [-0.1, -0.05) is 36.4 Å². The lowest BCUT2D eigenvalue weighted by Crippen LogP contribution is -2.33. The highest BCUT2D eigenvalue weighted by Gasteiger charge is 2.13. The summed E-state index contributed by atoms with van der Waals surface area (Å²) in [6.45, 7) is 2.53. The predicted molar refractivity (Wildman–Crippen MR) is 109 cm³/mol. The molecule has 136 valence electrons. The Morgan fingerprint density at radius 3 is 1.96 bits per heavy atom. The lowest BCUT2D eigenvalue weighted by molar-refractivity contribution is -0.685. The number of nitrogens with zero attached hydrogens (tertiary/aromatic N) is 2. The Morgan fingerprint density at radius 1 is 0.821 bits per heavy atom. The van der Waals surface area contributed by atoms with Gasteiger partial charge in [-0.3, -0.25) is 9.78 Å². The SMILES string of the molecule is CC(=O)OCc1ccc(C[n+]2cc3ccc4cncc5ccc(c2)c3c45)cc1. The molecule has 4 nitrogen and oxygen atoms in total. The van der Waals surface area contributed by atoms with Crippen molar-refractivity contribution in [1.82, 2.24) is 4.98 Å². The van der Waals surface area contributed by atoms with E-state index in [2.05, 4.69) is 58.3 Å². The molecule has 2 heterocycles. The number of hydrogen-bond donors (Lipinski definition) is 0. The van der Waals surface area contributed by atoms with Gasteiger partial charge in [-0.2, -0.15) is 4.57 Å². The van der Waals surface area contributed by atoms with Gasteiger partial charge in [-0.05, 0) is 17.7 Å².